The van der Waals surface area contributed by atoms with Crippen LogP contribution in [0.2, 0.25) is 0 Å². The summed E-state index contributed by atoms with van der Waals surface area (Å²) in [6, 6.07) is 13.2. The quantitative estimate of drug-likeness (QED) is 0.555. The molecule has 1 aliphatic heterocycles. The molecule has 0 amide bonds. The van der Waals surface area contributed by atoms with E-state index in [1.54, 1.807) is 36.5 Å². The van der Waals surface area contributed by atoms with Gasteiger partial charge in [-0.25, -0.2) is 17.8 Å². The molecule has 8 nitrogen and oxygen atoms in total. The lowest BCUT2D eigenvalue weighted by Gasteiger charge is -2.27. The molecule has 0 aliphatic carbocycles. The summed E-state index contributed by atoms with van der Waals surface area (Å²) < 4.78 is 40.3. The van der Waals surface area contributed by atoms with Crippen molar-refractivity contribution in [3.05, 3.63) is 66.6 Å². The Morgan fingerprint density at radius 3 is 2.30 bits per heavy atom. The smallest absolute Gasteiger partial charge is 0.261 e. The lowest BCUT2D eigenvalue weighted by atomic mass is 10.3. The molecule has 0 saturated carbocycles. The Balaban J connectivity index is 1.43. The highest BCUT2D eigenvalue weighted by Gasteiger charge is 2.15. The minimum Gasteiger partial charge on any atom is -0.340 e. The molecule has 0 unspecified atom stereocenters. The number of sulfonamides is 1. The lowest BCUT2D eigenvalue weighted by Crippen LogP contribution is -2.44. The highest BCUT2D eigenvalue weighted by atomic mass is 32.2. The molecule has 1 fully saturated rings. The normalized spacial score (nSPS) is 14.4. The lowest BCUT2D eigenvalue weighted by molar-refractivity contribution is 0.580. The molecule has 2 aromatic carbocycles. The minimum atomic E-state index is -3.79. The maximum atomic E-state index is 13.0. The number of anilines is 4. The molecule has 10 heteroatoms. The van der Waals surface area contributed by atoms with Crippen molar-refractivity contribution in [3.63, 3.8) is 0 Å². The molecule has 1 saturated heterocycles. The van der Waals surface area contributed by atoms with Crippen molar-refractivity contribution in [1.29, 1.82) is 0 Å². The third-order valence-corrected chi connectivity index (χ3v) is 5.97. The molecule has 4 rings (SSSR count). The molecule has 30 heavy (non-hydrogen) atoms. The van der Waals surface area contributed by atoms with E-state index in [9.17, 15) is 12.8 Å². The van der Waals surface area contributed by atoms with Crippen LogP contribution in [0.3, 0.4) is 0 Å². The molecule has 3 aromatic rings. The fourth-order valence-electron chi connectivity index (χ4n) is 3.03. The van der Waals surface area contributed by atoms with Gasteiger partial charge in [0.25, 0.3) is 10.0 Å². The van der Waals surface area contributed by atoms with Crippen molar-refractivity contribution in [2.45, 2.75) is 4.90 Å². The monoisotopic (exact) mass is 428 g/mol. The van der Waals surface area contributed by atoms with E-state index in [1.165, 1.54) is 12.1 Å². The van der Waals surface area contributed by atoms with Gasteiger partial charge in [-0.15, -0.1) is 0 Å². The summed E-state index contributed by atoms with van der Waals surface area (Å²) in [6.07, 6.45) is 1.71. The Morgan fingerprint density at radius 2 is 1.60 bits per heavy atom. The minimum absolute atomic E-state index is 0.00692. The molecule has 1 aromatic heterocycles. The number of aromatic nitrogens is 2. The summed E-state index contributed by atoms with van der Waals surface area (Å²) in [7, 11) is -3.79. The van der Waals surface area contributed by atoms with Crippen LogP contribution in [0, 0.1) is 5.82 Å². The van der Waals surface area contributed by atoms with Gasteiger partial charge in [0.05, 0.1) is 4.90 Å². The van der Waals surface area contributed by atoms with Crippen LogP contribution in [-0.4, -0.2) is 44.6 Å². The van der Waals surface area contributed by atoms with Gasteiger partial charge in [-0.3, -0.25) is 4.72 Å². The maximum absolute atomic E-state index is 13.0. The number of nitrogens with one attached hydrogen (secondary N) is 3. The van der Waals surface area contributed by atoms with E-state index >= 15 is 0 Å². The zero-order valence-electron chi connectivity index (χ0n) is 16.0. The number of benzene rings is 2. The Bertz CT molecular complexity index is 1100. The fraction of sp³-hybridized carbons (Fsp3) is 0.200. The highest BCUT2D eigenvalue weighted by molar-refractivity contribution is 7.92. The Kier molecular flexibility index (Phi) is 5.77. The number of piperazine rings is 1. The van der Waals surface area contributed by atoms with Crippen LogP contribution in [0.4, 0.5) is 27.5 Å². The molecule has 1 aliphatic rings. The largest absolute Gasteiger partial charge is 0.340 e. The van der Waals surface area contributed by atoms with Crippen molar-refractivity contribution >= 4 is 33.2 Å². The van der Waals surface area contributed by atoms with E-state index in [-0.39, 0.29) is 4.90 Å². The zero-order valence-corrected chi connectivity index (χ0v) is 16.9. The molecule has 2 heterocycles. The van der Waals surface area contributed by atoms with Crippen molar-refractivity contribution in [2.75, 3.05) is 41.1 Å². The van der Waals surface area contributed by atoms with E-state index in [2.05, 4.69) is 30.2 Å². The van der Waals surface area contributed by atoms with E-state index < -0.39 is 15.8 Å². The van der Waals surface area contributed by atoms with Crippen LogP contribution < -0.4 is 20.3 Å². The second kappa shape index (κ2) is 8.64. The summed E-state index contributed by atoms with van der Waals surface area (Å²) in [5.74, 6) is 0.831. The average Bonchev–Trinajstić information content (AvgIpc) is 2.76. The Morgan fingerprint density at radius 1 is 0.933 bits per heavy atom. The first-order valence-corrected chi connectivity index (χ1v) is 10.9. The van der Waals surface area contributed by atoms with Gasteiger partial charge in [-0.2, -0.15) is 4.98 Å². The molecule has 156 valence electrons. The van der Waals surface area contributed by atoms with Gasteiger partial charge in [0, 0.05) is 43.8 Å². The molecule has 0 atom stereocenters. The average molecular weight is 428 g/mol. The summed E-state index contributed by atoms with van der Waals surface area (Å²) in [5.41, 5.74) is 1.15. The van der Waals surface area contributed by atoms with Crippen molar-refractivity contribution < 1.29 is 12.8 Å². The molecule has 0 bridgehead atoms. The Hall–Kier alpha value is -3.24. The third-order valence-electron chi connectivity index (χ3n) is 4.58. The van der Waals surface area contributed by atoms with Crippen LogP contribution in [0.5, 0.6) is 0 Å². The SMILES string of the molecule is O=S(=O)(Nc1ccc(Nc2ccnc(N3CCNCC3)n2)cc1)c1ccc(F)cc1. The van der Waals surface area contributed by atoms with E-state index in [1.807, 2.05) is 0 Å². The summed E-state index contributed by atoms with van der Waals surface area (Å²) in [6.45, 7) is 3.51. The first kappa shape index (κ1) is 20.0. The summed E-state index contributed by atoms with van der Waals surface area (Å²) >= 11 is 0. The summed E-state index contributed by atoms with van der Waals surface area (Å²) in [5, 5.41) is 6.49. The molecule has 0 radical (unpaired) electrons. The Labute approximate surface area is 174 Å². The van der Waals surface area contributed by atoms with Gasteiger partial charge in [-0.05, 0) is 54.6 Å². The maximum Gasteiger partial charge on any atom is 0.261 e. The fourth-order valence-corrected chi connectivity index (χ4v) is 4.09. The molecular formula is C20H21FN6O2S. The van der Waals surface area contributed by atoms with Crippen LogP contribution in [0.15, 0.2) is 65.7 Å². The molecular weight excluding hydrogens is 407 g/mol. The second-order valence-electron chi connectivity index (χ2n) is 6.74. The van der Waals surface area contributed by atoms with Crippen molar-refractivity contribution in [1.82, 2.24) is 15.3 Å². The van der Waals surface area contributed by atoms with Gasteiger partial charge in [0.15, 0.2) is 0 Å². The number of nitrogens with zero attached hydrogens (tertiary/aromatic N) is 3. The topological polar surface area (TPSA) is 99.2 Å². The number of rotatable bonds is 6. The van der Waals surface area contributed by atoms with Crippen LogP contribution >= 0.6 is 0 Å². The second-order valence-corrected chi connectivity index (χ2v) is 8.42. The van der Waals surface area contributed by atoms with Gasteiger partial charge in [-0.1, -0.05) is 0 Å². The first-order chi connectivity index (χ1) is 14.5. The van der Waals surface area contributed by atoms with Gasteiger partial charge in [0.1, 0.15) is 11.6 Å². The predicted molar refractivity (Wildman–Crippen MR) is 114 cm³/mol. The predicted octanol–water partition coefficient (Wildman–Crippen LogP) is 2.57. The van der Waals surface area contributed by atoms with Crippen molar-refractivity contribution in [3.8, 4) is 0 Å². The number of halogens is 1. The third kappa shape index (κ3) is 4.84. The van der Waals surface area contributed by atoms with Gasteiger partial charge < -0.3 is 15.5 Å². The first-order valence-electron chi connectivity index (χ1n) is 9.44. The molecule has 3 N–H and O–H groups in total. The zero-order chi connectivity index (χ0) is 21.0. The van der Waals surface area contributed by atoms with Gasteiger partial charge >= 0.3 is 0 Å². The summed E-state index contributed by atoms with van der Waals surface area (Å²) in [4.78, 5) is 11.0. The van der Waals surface area contributed by atoms with Crippen LogP contribution in [0.25, 0.3) is 0 Å². The van der Waals surface area contributed by atoms with E-state index in [0.29, 0.717) is 17.5 Å². The molecule has 0 spiro atoms. The van der Waals surface area contributed by atoms with Crippen LogP contribution in [-0.2, 0) is 10.0 Å². The van der Waals surface area contributed by atoms with E-state index in [4.69, 9.17) is 0 Å². The number of hydrogen-bond donors (Lipinski definition) is 3. The van der Waals surface area contributed by atoms with E-state index in [0.717, 1.165) is 44.0 Å². The highest BCUT2D eigenvalue weighted by Crippen LogP contribution is 2.21. The van der Waals surface area contributed by atoms with Crippen LogP contribution in [0.1, 0.15) is 0 Å². The number of hydrogen-bond acceptors (Lipinski definition) is 7. The van der Waals surface area contributed by atoms with Crippen molar-refractivity contribution in [2.24, 2.45) is 0 Å². The van der Waals surface area contributed by atoms with Gasteiger partial charge in [0.2, 0.25) is 5.95 Å². The standard InChI is InChI=1S/C20H21FN6O2S/c21-15-1-7-18(8-2-15)30(28,29)26-17-5-3-16(4-6-17)24-19-9-10-23-20(25-19)27-13-11-22-12-14-27/h1-10,22,26H,11-14H2,(H,23,24,25).